The molecule has 126 valence electrons. The van der Waals surface area contributed by atoms with Crippen molar-refractivity contribution in [1.29, 1.82) is 0 Å². The van der Waals surface area contributed by atoms with Crippen molar-refractivity contribution < 1.29 is 19.4 Å². The van der Waals surface area contributed by atoms with Crippen molar-refractivity contribution >= 4 is 17.7 Å². The van der Waals surface area contributed by atoms with Crippen molar-refractivity contribution in [3.05, 3.63) is 29.3 Å². The number of carbonyl (C=O) groups is 2. The minimum atomic E-state index is -0.812. The summed E-state index contributed by atoms with van der Waals surface area (Å²) < 4.78 is 5.48. The maximum atomic E-state index is 12.4. The first-order valence-electron chi connectivity index (χ1n) is 8.06. The Morgan fingerprint density at radius 2 is 2.04 bits per heavy atom. The Kier molecular flexibility index (Phi) is 4.97. The molecule has 1 aliphatic rings. The second-order valence-electron chi connectivity index (χ2n) is 6.96. The summed E-state index contributed by atoms with van der Waals surface area (Å²) in [4.78, 5) is 25.2. The van der Waals surface area contributed by atoms with E-state index in [1.54, 1.807) is 4.90 Å². The Labute approximate surface area is 137 Å². The van der Waals surface area contributed by atoms with Gasteiger partial charge in [-0.1, -0.05) is 19.1 Å². The number of aliphatic carboxylic acids is 1. The number of rotatable bonds is 3. The summed E-state index contributed by atoms with van der Waals surface area (Å²) in [5.41, 5.74) is 2.29. The van der Waals surface area contributed by atoms with Crippen LogP contribution in [0.4, 0.5) is 10.5 Å². The van der Waals surface area contributed by atoms with Gasteiger partial charge in [0, 0.05) is 6.54 Å². The SMILES string of the molecule is CCc1ccc2c(c1)C(CC(=O)O)CCN2C(=O)OC(C)(C)C. The smallest absolute Gasteiger partial charge is 0.414 e. The van der Waals surface area contributed by atoms with E-state index in [0.717, 1.165) is 23.2 Å². The number of carbonyl (C=O) groups excluding carboxylic acids is 1. The predicted molar refractivity (Wildman–Crippen MR) is 89.0 cm³/mol. The quantitative estimate of drug-likeness (QED) is 0.916. The van der Waals surface area contributed by atoms with Crippen LogP contribution in [0, 0.1) is 0 Å². The average molecular weight is 319 g/mol. The van der Waals surface area contributed by atoms with Crippen LogP contribution in [0.1, 0.15) is 57.6 Å². The highest BCUT2D eigenvalue weighted by Gasteiger charge is 2.32. The van der Waals surface area contributed by atoms with E-state index in [-0.39, 0.29) is 18.4 Å². The van der Waals surface area contributed by atoms with Crippen molar-refractivity contribution in [2.75, 3.05) is 11.4 Å². The number of fused-ring (bicyclic) bond motifs is 1. The molecule has 0 saturated carbocycles. The van der Waals surface area contributed by atoms with E-state index in [9.17, 15) is 9.59 Å². The Morgan fingerprint density at radius 1 is 1.35 bits per heavy atom. The van der Waals surface area contributed by atoms with Crippen LogP contribution in [0.5, 0.6) is 0 Å². The zero-order valence-electron chi connectivity index (χ0n) is 14.3. The maximum Gasteiger partial charge on any atom is 0.414 e. The summed E-state index contributed by atoms with van der Waals surface area (Å²) in [6.07, 6.45) is 1.21. The lowest BCUT2D eigenvalue weighted by Gasteiger charge is -2.35. The van der Waals surface area contributed by atoms with Gasteiger partial charge in [-0.3, -0.25) is 9.69 Å². The number of hydrogen-bond donors (Lipinski definition) is 1. The minimum absolute atomic E-state index is 0.0623. The molecular formula is C18H25NO4. The molecule has 5 nitrogen and oxygen atoms in total. The molecule has 0 aromatic heterocycles. The van der Waals surface area contributed by atoms with Gasteiger partial charge in [-0.2, -0.15) is 0 Å². The maximum absolute atomic E-state index is 12.4. The fourth-order valence-electron chi connectivity index (χ4n) is 2.89. The Hall–Kier alpha value is -2.04. The molecule has 1 N–H and O–H groups in total. The van der Waals surface area contributed by atoms with Gasteiger partial charge in [-0.05, 0) is 56.7 Å². The molecule has 0 fully saturated rings. The van der Waals surface area contributed by atoms with E-state index in [1.807, 2.05) is 39.0 Å². The first-order chi connectivity index (χ1) is 10.7. The summed E-state index contributed by atoms with van der Waals surface area (Å²) in [7, 11) is 0. The Bertz CT molecular complexity index is 604. The largest absolute Gasteiger partial charge is 0.481 e. The number of hydrogen-bond acceptors (Lipinski definition) is 3. The van der Waals surface area contributed by atoms with Gasteiger partial charge >= 0.3 is 12.1 Å². The van der Waals surface area contributed by atoms with Crippen LogP contribution in [0.15, 0.2) is 18.2 Å². The number of anilines is 1. The fourth-order valence-corrected chi connectivity index (χ4v) is 2.89. The number of nitrogens with zero attached hydrogens (tertiary/aromatic N) is 1. The van der Waals surface area contributed by atoms with Crippen LogP contribution >= 0.6 is 0 Å². The molecule has 1 aromatic carbocycles. The molecule has 1 heterocycles. The lowest BCUT2D eigenvalue weighted by atomic mass is 9.86. The van der Waals surface area contributed by atoms with E-state index >= 15 is 0 Å². The number of carboxylic acid groups (broad SMARTS) is 1. The topological polar surface area (TPSA) is 66.8 Å². The zero-order valence-corrected chi connectivity index (χ0v) is 14.3. The van der Waals surface area contributed by atoms with Gasteiger partial charge in [0.15, 0.2) is 0 Å². The first kappa shape index (κ1) is 17.3. The summed E-state index contributed by atoms with van der Waals surface area (Å²) >= 11 is 0. The van der Waals surface area contributed by atoms with Crippen molar-refractivity contribution in [3.63, 3.8) is 0 Å². The lowest BCUT2D eigenvalue weighted by Crippen LogP contribution is -2.40. The second kappa shape index (κ2) is 6.60. The average Bonchev–Trinajstić information content (AvgIpc) is 2.44. The Morgan fingerprint density at radius 3 is 2.61 bits per heavy atom. The molecule has 23 heavy (non-hydrogen) atoms. The van der Waals surface area contributed by atoms with Gasteiger partial charge in [0.25, 0.3) is 0 Å². The van der Waals surface area contributed by atoms with Crippen LogP contribution in [0.3, 0.4) is 0 Å². The molecule has 0 aliphatic carbocycles. The molecule has 1 atom stereocenters. The van der Waals surface area contributed by atoms with Crippen molar-refractivity contribution in [3.8, 4) is 0 Å². The molecule has 1 aromatic rings. The van der Waals surface area contributed by atoms with Crippen LogP contribution < -0.4 is 4.90 Å². The number of aryl methyl sites for hydroxylation is 1. The van der Waals surface area contributed by atoms with Gasteiger partial charge in [0.1, 0.15) is 5.60 Å². The zero-order chi connectivity index (χ0) is 17.2. The molecule has 1 amide bonds. The number of carboxylic acids is 1. The Balaban J connectivity index is 2.36. The highest BCUT2D eigenvalue weighted by Crippen LogP contribution is 2.38. The predicted octanol–water partition coefficient (Wildman–Crippen LogP) is 3.95. The highest BCUT2D eigenvalue weighted by atomic mass is 16.6. The van der Waals surface area contributed by atoms with Crippen LogP contribution in [0.25, 0.3) is 0 Å². The van der Waals surface area contributed by atoms with Gasteiger partial charge in [-0.25, -0.2) is 4.79 Å². The van der Waals surface area contributed by atoms with Crippen LogP contribution in [0.2, 0.25) is 0 Å². The van der Waals surface area contributed by atoms with Crippen LogP contribution in [-0.4, -0.2) is 29.3 Å². The molecule has 5 heteroatoms. The highest BCUT2D eigenvalue weighted by molar-refractivity contribution is 5.90. The number of amides is 1. The van der Waals surface area contributed by atoms with E-state index in [0.29, 0.717) is 13.0 Å². The van der Waals surface area contributed by atoms with Gasteiger partial charge in [0.05, 0.1) is 12.1 Å². The summed E-state index contributed by atoms with van der Waals surface area (Å²) in [6, 6.07) is 5.92. The molecule has 2 rings (SSSR count). The van der Waals surface area contributed by atoms with E-state index in [4.69, 9.17) is 9.84 Å². The normalized spacial score (nSPS) is 17.6. The molecular weight excluding hydrogens is 294 g/mol. The molecule has 0 spiro atoms. The summed E-state index contributed by atoms with van der Waals surface area (Å²) in [6.45, 7) is 8.04. The molecule has 0 radical (unpaired) electrons. The fraction of sp³-hybridized carbons (Fsp3) is 0.556. The molecule has 1 aliphatic heterocycles. The molecule has 0 bridgehead atoms. The standard InChI is InChI=1S/C18H25NO4/c1-5-12-6-7-15-14(10-12)13(11-16(20)21)8-9-19(15)17(22)23-18(2,3)4/h6-7,10,13H,5,8-9,11H2,1-4H3,(H,20,21). The van der Waals surface area contributed by atoms with Crippen LogP contribution in [-0.2, 0) is 16.0 Å². The number of benzene rings is 1. The number of ether oxygens (including phenoxy) is 1. The monoisotopic (exact) mass is 319 g/mol. The van der Waals surface area contributed by atoms with Gasteiger partial charge in [0.2, 0.25) is 0 Å². The third-order valence-corrected chi connectivity index (χ3v) is 3.97. The summed E-state index contributed by atoms with van der Waals surface area (Å²) in [5, 5.41) is 9.14. The molecule has 0 saturated heterocycles. The van der Waals surface area contributed by atoms with Crippen molar-refractivity contribution in [2.45, 2.75) is 58.5 Å². The minimum Gasteiger partial charge on any atom is -0.481 e. The van der Waals surface area contributed by atoms with Crippen molar-refractivity contribution in [2.24, 2.45) is 0 Å². The first-order valence-corrected chi connectivity index (χ1v) is 8.06. The van der Waals surface area contributed by atoms with Gasteiger partial charge in [-0.15, -0.1) is 0 Å². The van der Waals surface area contributed by atoms with E-state index < -0.39 is 11.6 Å². The third-order valence-electron chi connectivity index (χ3n) is 3.97. The van der Waals surface area contributed by atoms with E-state index in [2.05, 4.69) is 6.92 Å². The second-order valence-corrected chi connectivity index (χ2v) is 6.96. The lowest BCUT2D eigenvalue weighted by molar-refractivity contribution is -0.137. The van der Waals surface area contributed by atoms with Crippen molar-refractivity contribution in [1.82, 2.24) is 0 Å². The third kappa shape index (κ3) is 4.24. The van der Waals surface area contributed by atoms with E-state index in [1.165, 1.54) is 0 Å². The van der Waals surface area contributed by atoms with Gasteiger partial charge < -0.3 is 9.84 Å². The molecule has 1 unspecified atom stereocenters. The summed E-state index contributed by atoms with van der Waals surface area (Å²) in [5.74, 6) is -0.874.